The second-order valence-corrected chi connectivity index (χ2v) is 4.36. The molecule has 2 rings (SSSR count). The molecule has 0 spiro atoms. The molecule has 5 nitrogen and oxygen atoms in total. The van der Waals surface area contributed by atoms with E-state index >= 15 is 0 Å². The van der Waals surface area contributed by atoms with Crippen molar-refractivity contribution >= 4 is 33.7 Å². The van der Waals surface area contributed by atoms with Crippen LogP contribution in [0.4, 0.5) is 0 Å². The minimum atomic E-state index is -0.707. The second kappa shape index (κ2) is 5.30. The molecule has 0 atom stereocenters. The van der Waals surface area contributed by atoms with Gasteiger partial charge in [0.1, 0.15) is 0 Å². The van der Waals surface area contributed by atoms with E-state index in [1.807, 2.05) is 6.07 Å². The zero-order valence-corrected chi connectivity index (χ0v) is 11.0. The fourth-order valence-electron chi connectivity index (χ4n) is 1.57. The lowest BCUT2D eigenvalue weighted by Gasteiger charge is -2.12. The first kappa shape index (κ1) is 12.8. The number of benzene rings is 1. The Labute approximate surface area is 112 Å². The predicted octanol–water partition coefficient (Wildman–Crippen LogP) is 1.80. The zero-order valence-electron chi connectivity index (χ0n) is 9.39. The summed E-state index contributed by atoms with van der Waals surface area (Å²) in [4.78, 5) is 39.2. The van der Waals surface area contributed by atoms with E-state index in [-0.39, 0.29) is 12.8 Å². The van der Waals surface area contributed by atoms with Gasteiger partial charge >= 0.3 is 5.97 Å². The number of nitrogens with zero attached hydrogens (tertiary/aromatic N) is 1. The average molecular weight is 312 g/mol. The van der Waals surface area contributed by atoms with Crippen LogP contribution < -0.4 is 0 Å². The van der Waals surface area contributed by atoms with Crippen LogP contribution in [-0.4, -0.2) is 22.8 Å². The number of hydrogen-bond donors (Lipinski definition) is 0. The molecule has 1 aromatic carbocycles. The molecule has 0 bridgehead atoms. The Balaban J connectivity index is 2.12. The van der Waals surface area contributed by atoms with E-state index < -0.39 is 17.8 Å². The number of hydroxylamine groups is 2. The Bertz CT molecular complexity index is 499. The van der Waals surface area contributed by atoms with Crippen molar-refractivity contribution in [1.82, 2.24) is 5.06 Å². The van der Waals surface area contributed by atoms with Crippen LogP contribution in [0, 0.1) is 0 Å². The minimum Gasteiger partial charge on any atom is -0.325 e. The van der Waals surface area contributed by atoms with Crippen LogP contribution in [0.25, 0.3) is 0 Å². The van der Waals surface area contributed by atoms with Gasteiger partial charge < -0.3 is 4.84 Å². The van der Waals surface area contributed by atoms with Gasteiger partial charge in [-0.3, -0.25) is 9.59 Å². The summed E-state index contributed by atoms with van der Waals surface area (Å²) in [5.41, 5.74) is 1.21. The number of carbonyl (C=O) groups is 3. The van der Waals surface area contributed by atoms with Crippen molar-refractivity contribution in [1.29, 1.82) is 0 Å². The number of alkyl halides is 1. The summed E-state index contributed by atoms with van der Waals surface area (Å²) in [5.74, 6) is -1.67. The molecular formula is C12H10BrNO4. The highest BCUT2D eigenvalue weighted by molar-refractivity contribution is 9.08. The van der Waals surface area contributed by atoms with Gasteiger partial charge in [0.15, 0.2) is 0 Å². The topological polar surface area (TPSA) is 63.7 Å². The average Bonchev–Trinajstić information content (AvgIpc) is 2.70. The van der Waals surface area contributed by atoms with Crippen LogP contribution in [0.2, 0.25) is 0 Å². The third-order valence-corrected chi connectivity index (χ3v) is 3.14. The molecule has 0 unspecified atom stereocenters. The second-order valence-electron chi connectivity index (χ2n) is 3.79. The van der Waals surface area contributed by atoms with Crippen molar-refractivity contribution in [2.45, 2.75) is 18.2 Å². The van der Waals surface area contributed by atoms with Gasteiger partial charge in [-0.25, -0.2) is 4.79 Å². The van der Waals surface area contributed by atoms with E-state index in [9.17, 15) is 14.4 Å². The number of carbonyl (C=O) groups excluding carboxylic acids is 3. The molecule has 1 fully saturated rings. The van der Waals surface area contributed by atoms with Gasteiger partial charge in [0.05, 0.1) is 5.56 Å². The normalized spacial score (nSPS) is 15.1. The van der Waals surface area contributed by atoms with E-state index in [1.54, 1.807) is 18.2 Å². The van der Waals surface area contributed by atoms with Crippen LogP contribution in [0.1, 0.15) is 28.8 Å². The third kappa shape index (κ3) is 2.59. The van der Waals surface area contributed by atoms with Crippen LogP contribution in [0.3, 0.4) is 0 Å². The van der Waals surface area contributed by atoms with Crippen LogP contribution in [-0.2, 0) is 19.8 Å². The van der Waals surface area contributed by atoms with Gasteiger partial charge in [-0.05, 0) is 17.7 Å². The summed E-state index contributed by atoms with van der Waals surface area (Å²) in [6.45, 7) is 0. The van der Waals surface area contributed by atoms with E-state index in [0.717, 1.165) is 5.56 Å². The maximum atomic E-state index is 11.8. The molecule has 1 heterocycles. The molecule has 94 valence electrons. The maximum absolute atomic E-state index is 11.8. The summed E-state index contributed by atoms with van der Waals surface area (Å²) >= 11 is 3.28. The number of halogens is 1. The van der Waals surface area contributed by atoms with Gasteiger partial charge in [0.25, 0.3) is 11.8 Å². The fraction of sp³-hybridized carbons (Fsp3) is 0.250. The monoisotopic (exact) mass is 311 g/mol. The molecule has 1 aromatic rings. The first-order chi connectivity index (χ1) is 8.61. The van der Waals surface area contributed by atoms with E-state index in [1.165, 1.54) is 0 Å². The zero-order chi connectivity index (χ0) is 13.1. The lowest BCUT2D eigenvalue weighted by Crippen LogP contribution is -2.32. The minimum absolute atomic E-state index is 0.0908. The first-order valence-electron chi connectivity index (χ1n) is 5.35. The third-order valence-electron chi connectivity index (χ3n) is 2.50. The number of imide groups is 1. The molecule has 0 radical (unpaired) electrons. The maximum Gasteiger partial charge on any atom is 0.363 e. The van der Waals surface area contributed by atoms with Crippen molar-refractivity contribution < 1.29 is 19.2 Å². The number of hydrogen-bond acceptors (Lipinski definition) is 4. The number of rotatable bonds is 3. The van der Waals surface area contributed by atoms with Crippen molar-refractivity contribution in [3.05, 3.63) is 35.4 Å². The molecule has 0 N–H and O–H groups in total. The molecule has 18 heavy (non-hydrogen) atoms. The SMILES string of the molecule is O=C(ON1C(=O)CCC1=O)c1cccc(CBr)c1. The van der Waals surface area contributed by atoms with Crippen LogP contribution in [0.5, 0.6) is 0 Å². The highest BCUT2D eigenvalue weighted by atomic mass is 79.9. The molecule has 1 aliphatic heterocycles. The largest absolute Gasteiger partial charge is 0.363 e. The van der Waals surface area contributed by atoms with Gasteiger partial charge in [-0.15, -0.1) is 5.06 Å². The smallest absolute Gasteiger partial charge is 0.325 e. The summed E-state index contributed by atoms with van der Waals surface area (Å²) in [7, 11) is 0. The standard InChI is InChI=1S/C12H10BrNO4/c13-7-8-2-1-3-9(6-8)12(17)18-14-10(15)4-5-11(14)16/h1-3,6H,4-5,7H2. The summed E-state index contributed by atoms with van der Waals surface area (Å²) in [6, 6.07) is 6.76. The fourth-order valence-corrected chi connectivity index (χ4v) is 1.92. The molecule has 1 saturated heterocycles. The molecule has 0 aromatic heterocycles. The van der Waals surface area contributed by atoms with Crippen molar-refractivity contribution in [3.63, 3.8) is 0 Å². The molecule has 0 aliphatic carbocycles. The molecular weight excluding hydrogens is 302 g/mol. The molecule has 0 saturated carbocycles. The van der Waals surface area contributed by atoms with E-state index in [4.69, 9.17) is 4.84 Å². The lowest BCUT2D eigenvalue weighted by molar-refractivity contribution is -0.172. The lowest BCUT2D eigenvalue weighted by atomic mass is 10.1. The van der Waals surface area contributed by atoms with Crippen molar-refractivity contribution in [2.75, 3.05) is 0 Å². The van der Waals surface area contributed by atoms with Crippen molar-refractivity contribution in [3.8, 4) is 0 Å². The summed E-state index contributed by atoms with van der Waals surface area (Å²) in [6.07, 6.45) is 0.182. The Kier molecular flexibility index (Phi) is 3.76. The molecule has 1 aliphatic rings. The first-order valence-corrected chi connectivity index (χ1v) is 6.47. The highest BCUT2D eigenvalue weighted by Gasteiger charge is 2.33. The Morgan fingerprint density at radius 3 is 2.56 bits per heavy atom. The van der Waals surface area contributed by atoms with Gasteiger partial charge in [0, 0.05) is 18.2 Å². The molecule has 6 heteroatoms. The van der Waals surface area contributed by atoms with Crippen LogP contribution >= 0.6 is 15.9 Å². The molecule has 2 amide bonds. The Morgan fingerprint density at radius 2 is 1.94 bits per heavy atom. The van der Waals surface area contributed by atoms with Gasteiger partial charge in [-0.2, -0.15) is 0 Å². The van der Waals surface area contributed by atoms with E-state index in [2.05, 4.69) is 15.9 Å². The Morgan fingerprint density at radius 1 is 1.28 bits per heavy atom. The summed E-state index contributed by atoms with van der Waals surface area (Å²) in [5, 5.41) is 1.15. The van der Waals surface area contributed by atoms with Gasteiger partial charge in [0.2, 0.25) is 0 Å². The predicted molar refractivity (Wildman–Crippen MR) is 65.6 cm³/mol. The highest BCUT2D eigenvalue weighted by Crippen LogP contribution is 2.15. The van der Waals surface area contributed by atoms with Gasteiger partial charge in [-0.1, -0.05) is 28.1 Å². The number of amides is 2. The van der Waals surface area contributed by atoms with Crippen molar-refractivity contribution in [2.24, 2.45) is 0 Å². The van der Waals surface area contributed by atoms with E-state index in [0.29, 0.717) is 16.0 Å². The Hall–Kier alpha value is -1.69. The summed E-state index contributed by atoms with van der Waals surface area (Å²) < 4.78 is 0. The quantitative estimate of drug-likeness (QED) is 0.631. The van der Waals surface area contributed by atoms with Crippen LogP contribution in [0.15, 0.2) is 24.3 Å².